The van der Waals surface area contributed by atoms with Gasteiger partial charge in [-0.05, 0) is 43.2 Å². The SMILES string of the molecule is Cc1cc(-c2ccccc2C(F)(F)F)nn2c(NC(O)c3cccc(N4CCC4)n3)cnc12. The lowest BCUT2D eigenvalue weighted by Gasteiger charge is -2.32. The lowest BCUT2D eigenvalue weighted by molar-refractivity contribution is -0.137. The van der Waals surface area contributed by atoms with Crippen LogP contribution in [0.1, 0.15) is 29.5 Å². The summed E-state index contributed by atoms with van der Waals surface area (Å²) in [5.74, 6) is 1.13. The van der Waals surface area contributed by atoms with E-state index in [0.717, 1.165) is 31.4 Å². The zero-order chi connectivity index (χ0) is 23.2. The summed E-state index contributed by atoms with van der Waals surface area (Å²) < 4.78 is 42.0. The third-order valence-electron chi connectivity index (χ3n) is 5.66. The standard InChI is InChI=1S/C23H21F3N6O/c1-14-12-18(15-6-2-3-7-16(15)23(24,25)26)30-32-20(13-27-21(14)32)29-22(33)17-8-4-9-19(28-17)31-10-5-11-31/h2-4,6-9,12-13,22,29,33H,5,10-11H2,1H3. The van der Waals surface area contributed by atoms with Crippen molar-refractivity contribution >= 4 is 17.3 Å². The van der Waals surface area contributed by atoms with E-state index in [4.69, 9.17) is 0 Å². The molecule has 0 saturated carbocycles. The van der Waals surface area contributed by atoms with Crippen LogP contribution in [0.4, 0.5) is 24.8 Å². The van der Waals surface area contributed by atoms with Crippen LogP contribution >= 0.6 is 0 Å². The molecule has 10 heteroatoms. The van der Waals surface area contributed by atoms with E-state index >= 15 is 0 Å². The first kappa shape index (κ1) is 21.2. The predicted molar refractivity (Wildman–Crippen MR) is 118 cm³/mol. The maximum atomic E-state index is 13.5. The van der Waals surface area contributed by atoms with E-state index in [1.165, 1.54) is 22.8 Å². The molecule has 1 fully saturated rings. The predicted octanol–water partition coefficient (Wildman–Crippen LogP) is 4.43. The zero-order valence-electron chi connectivity index (χ0n) is 17.7. The maximum absolute atomic E-state index is 13.5. The monoisotopic (exact) mass is 454 g/mol. The minimum absolute atomic E-state index is 0.0286. The van der Waals surface area contributed by atoms with Crippen molar-refractivity contribution < 1.29 is 18.3 Å². The molecule has 3 aromatic heterocycles. The Hall–Kier alpha value is -3.66. The molecule has 1 aliphatic rings. The van der Waals surface area contributed by atoms with Crippen LogP contribution in [-0.4, -0.2) is 37.8 Å². The number of benzene rings is 1. The number of aliphatic hydroxyl groups excluding tert-OH is 1. The van der Waals surface area contributed by atoms with Crippen molar-refractivity contribution in [3.8, 4) is 11.3 Å². The highest BCUT2D eigenvalue weighted by atomic mass is 19.4. The highest BCUT2D eigenvalue weighted by Gasteiger charge is 2.34. The van der Waals surface area contributed by atoms with E-state index in [9.17, 15) is 18.3 Å². The molecule has 170 valence electrons. The molecular formula is C23H21F3N6O. The van der Waals surface area contributed by atoms with Crippen LogP contribution in [0.3, 0.4) is 0 Å². The number of imidazole rings is 1. The fourth-order valence-electron chi connectivity index (χ4n) is 3.83. The van der Waals surface area contributed by atoms with Crippen molar-refractivity contribution in [1.29, 1.82) is 0 Å². The fraction of sp³-hybridized carbons (Fsp3) is 0.261. The molecule has 1 aliphatic heterocycles. The number of rotatable bonds is 5. The van der Waals surface area contributed by atoms with Gasteiger partial charge in [0, 0.05) is 18.7 Å². The molecule has 0 amide bonds. The summed E-state index contributed by atoms with van der Waals surface area (Å²) in [7, 11) is 0. The fourth-order valence-corrected chi connectivity index (χ4v) is 3.83. The Kier molecular flexibility index (Phi) is 5.16. The summed E-state index contributed by atoms with van der Waals surface area (Å²) in [6.07, 6.45) is -3.07. The quantitative estimate of drug-likeness (QED) is 0.435. The van der Waals surface area contributed by atoms with Gasteiger partial charge in [-0.1, -0.05) is 24.3 Å². The number of pyridine rings is 1. The number of fused-ring (bicyclic) bond motifs is 1. The third-order valence-corrected chi connectivity index (χ3v) is 5.66. The van der Waals surface area contributed by atoms with E-state index in [-0.39, 0.29) is 11.3 Å². The molecule has 0 radical (unpaired) electrons. The molecule has 0 spiro atoms. The summed E-state index contributed by atoms with van der Waals surface area (Å²) in [6, 6.07) is 12.3. The van der Waals surface area contributed by atoms with Gasteiger partial charge in [-0.25, -0.2) is 9.97 Å². The Morgan fingerprint density at radius 3 is 2.61 bits per heavy atom. The first-order valence-electron chi connectivity index (χ1n) is 10.5. The van der Waals surface area contributed by atoms with Gasteiger partial charge in [-0.2, -0.15) is 22.8 Å². The Bertz CT molecular complexity index is 1320. The van der Waals surface area contributed by atoms with Crippen LogP contribution in [0.25, 0.3) is 16.9 Å². The van der Waals surface area contributed by atoms with E-state index < -0.39 is 18.0 Å². The van der Waals surface area contributed by atoms with E-state index in [2.05, 4.69) is 25.3 Å². The van der Waals surface area contributed by atoms with E-state index in [1.807, 2.05) is 12.1 Å². The number of anilines is 2. The van der Waals surface area contributed by atoms with Crippen molar-refractivity contribution in [3.63, 3.8) is 0 Å². The molecule has 33 heavy (non-hydrogen) atoms. The number of aliphatic hydroxyl groups is 1. The van der Waals surface area contributed by atoms with Crippen molar-refractivity contribution in [1.82, 2.24) is 19.6 Å². The van der Waals surface area contributed by atoms with Crippen LogP contribution in [0.5, 0.6) is 0 Å². The van der Waals surface area contributed by atoms with Gasteiger partial charge in [0.15, 0.2) is 17.7 Å². The largest absolute Gasteiger partial charge is 0.417 e. The Morgan fingerprint density at radius 2 is 1.88 bits per heavy atom. The molecule has 7 nitrogen and oxygen atoms in total. The minimum Gasteiger partial charge on any atom is -0.368 e. The molecule has 1 atom stereocenters. The van der Waals surface area contributed by atoms with Crippen molar-refractivity contribution in [2.45, 2.75) is 25.7 Å². The second-order valence-electron chi connectivity index (χ2n) is 7.94. The molecule has 4 aromatic rings. The Morgan fingerprint density at radius 1 is 1.09 bits per heavy atom. The van der Waals surface area contributed by atoms with Crippen molar-refractivity contribution in [2.24, 2.45) is 0 Å². The first-order chi connectivity index (χ1) is 15.8. The number of hydrogen-bond acceptors (Lipinski definition) is 6. The van der Waals surface area contributed by atoms with Gasteiger partial charge in [0.2, 0.25) is 0 Å². The van der Waals surface area contributed by atoms with Crippen LogP contribution in [-0.2, 0) is 6.18 Å². The second kappa shape index (κ2) is 8.04. The smallest absolute Gasteiger partial charge is 0.368 e. The normalized spacial score (nSPS) is 14.9. The molecule has 1 unspecified atom stereocenters. The highest BCUT2D eigenvalue weighted by molar-refractivity contribution is 5.68. The molecule has 1 saturated heterocycles. The topological polar surface area (TPSA) is 78.6 Å². The summed E-state index contributed by atoms with van der Waals surface area (Å²) in [5, 5.41) is 18.1. The second-order valence-corrected chi connectivity index (χ2v) is 7.94. The molecular weight excluding hydrogens is 433 g/mol. The zero-order valence-corrected chi connectivity index (χ0v) is 17.7. The lowest BCUT2D eigenvalue weighted by atomic mass is 10.0. The molecule has 0 bridgehead atoms. The third kappa shape index (κ3) is 3.97. The number of halogens is 3. The lowest BCUT2D eigenvalue weighted by Crippen LogP contribution is -2.37. The van der Waals surface area contributed by atoms with E-state index in [0.29, 0.717) is 22.7 Å². The van der Waals surface area contributed by atoms with Crippen LogP contribution in [0, 0.1) is 6.92 Å². The van der Waals surface area contributed by atoms with E-state index in [1.54, 1.807) is 25.1 Å². The molecule has 2 N–H and O–H groups in total. The molecule has 4 heterocycles. The van der Waals surface area contributed by atoms with Gasteiger partial charge in [0.1, 0.15) is 5.82 Å². The Balaban J connectivity index is 1.50. The van der Waals surface area contributed by atoms with Gasteiger partial charge in [-0.15, -0.1) is 0 Å². The maximum Gasteiger partial charge on any atom is 0.417 e. The van der Waals surface area contributed by atoms with Gasteiger partial charge in [0.25, 0.3) is 0 Å². The van der Waals surface area contributed by atoms with Crippen LogP contribution in [0.2, 0.25) is 0 Å². The van der Waals surface area contributed by atoms with Crippen LogP contribution < -0.4 is 10.2 Å². The number of aryl methyl sites for hydroxylation is 1. The first-order valence-corrected chi connectivity index (χ1v) is 10.5. The van der Waals surface area contributed by atoms with Gasteiger partial charge >= 0.3 is 6.18 Å². The average molecular weight is 454 g/mol. The van der Waals surface area contributed by atoms with Crippen molar-refractivity contribution in [2.75, 3.05) is 23.3 Å². The summed E-state index contributed by atoms with van der Waals surface area (Å²) >= 11 is 0. The number of hydrogen-bond donors (Lipinski definition) is 2. The van der Waals surface area contributed by atoms with Gasteiger partial charge < -0.3 is 15.3 Å². The average Bonchev–Trinajstić information content (AvgIpc) is 3.15. The van der Waals surface area contributed by atoms with Gasteiger partial charge in [0.05, 0.1) is 23.1 Å². The van der Waals surface area contributed by atoms with Gasteiger partial charge in [-0.3, -0.25) is 0 Å². The van der Waals surface area contributed by atoms with Crippen molar-refractivity contribution in [3.05, 3.63) is 71.5 Å². The van der Waals surface area contributed by atoms with Crippen LogP contribution in [0.15, 0.2) is 54.7 Å². The summed E-state index contributed by atoms with van der Waals surface area (Å²) in [4.78, 5) is 10.9. The summed E-state index contributed by atoms with van der Waals surface area (Å²) in [6.45, 7) is 3.61. The molecule has 1 aromatic carbocycles. The summed E-state index contributed by atoms with van der Waals surface area (Å²) in [5.41, 5.74) is 0.903. The minimum atomic E-state index is -4.51. The Labute approximate surface area is 187 Å². The number of aromatic nitrogens is 4. The number of nitrogens with one attached hydrogen (secondary N) is 1. The number of alkyl halides is 3. The highest BCUT2D eigenvalue weighted by Crippen LogP contribution is 2.36. The molecule has 0 aliphatic carbocycles. The molecule has 5 rings (SSSR count). The number of nitrogens with zero attached hydrogens (tertiary/aromatic N) is 5.